The number of nitrogens with one attached hydrogen (secondary N) is 1. The van der Waals surface area contributed by atoms with Crippen molar-refractivity contribution in [2.45, 2.75) is 35.5 Å². The SMILES string of the molecule is O=c1[nH]c2c(s1)C(c1ccccc1Cl)C1C3CCC(C3)C1S2. The van der Waals surface area contributed by atoms with E-state index in [2.05, 4.69) is 17.1 Å². The van der Waals surface area contributed by atoms with Crippen LogP contribution >= 0.6 is 34.7 Å². The molecule has 2 bridgehead atoms. The standard InChI is InChI=1S/C17H16ClNOS2/c18-11-4-2-1-3-10(11)13-12-8-5-6-9(7-8)14(12)21-16-15(13)22-17(20)19-16/h1-4,8-9,12-14H,5-7H2,(H,19,20). The van der Waals surface area contributed by atoms with Gasteiger partial charge in [-0.3, -0.25) is 4.79 Å². The van der Waals surface area contributed by atoms with Gasteiger partial charge in [0.1, 0.15) is 0 Å². The predicted molar refractivity (Wildman–Crippen MR) is 92.2 cm³/mol. The molecule has 0 amide bonds. The van der Waals surface area contributed by atoms with Crippen molar-refractivity contribution in [3.63, 3.8) is 0 Å². The Hall–Kier alpha value is -0.710. The molecule has 3 aliphatic rings. The van der Waals surface area contributed by atoms with E-state index in [1.165, 1.54) is 41.0 Å². The van der Waals surface area contributed by atoms with Gasteiger partial charge in [0.05, 0.1) is 5.03 Å². The molecule has 22 heavy (non-hydrogen) atoms. The Morgan fingerprint density at radius 2 is 2.00 bits per heavy atom. The summed E-state index contributed by atoms with van der Waals surface area (Å²) in [5.41, 5.74) is 1.21. The van der Waals surface area contributed by atoms with E-state index in [1.807, 2.05) is 23.9 Å². The second kappa shape index (κ2) is 4.89. The van der Waals surface area contributed by atoms with Crippen molar-refractivity contribution in [2.75, 3.05) is 0 Å². The molecule has 1 aromatic carbocycles. The number of halogens is 1. The van der Waals surface area contributed by atoms with Gasteiger partial charge in [-0.25, -0.2) is 0 Å². The van der Waals surface area contributed by atoms with Crippen LogP contribution in [0.5, 0.6) is 0 Å². The van der Waals surface area contributed by atoms with Crippen molar-refractivity contribution in [2.24, 2.45) is 17.8 Å². The molecule has 1 N–H and O–H groups in total. The largest absolute Gasteiger partial charge is 0.307 e. The highest BCUT2D eigenvalue weighted by molar-refractivity contribution is 8.00. The van der Waals surface area contributed by atoms with Crippen LogP contribution in [0, 0.1) is 17.8 Å². The minimum absolute atomic E-state index is 0.0712. The van der Waals surface area contributed by atoms with Gasteiger partial charge in [0.2, 0.25) is 0 Å². The molecule has 5 heteroatoms. The molecule has 0 radical (unpaired) electrons. The normalized spacial score (nSPS) is 35.4. The van der Waals surface area contributed by atoms with E-state index in [9.17, 15) is 4.79 Å². The van der Waals surface area contributed by atoms with Crippen molar-refractivity contribution >= 4 is 34.7 Å². The van der Waals surface area contributed by atoms with Crippen LogP contribution in [0.25, 0.3) is 0 Å². The summed E-state index contributed by atoms with van der Waals surface area (Å²) >= 11 is 9.85. The van der Waals surface area contributed by atoms with Crippen molar-refractivity contribution in [3.8, 4) is 0 Å². The third kappa shape index (κ3) is 1.84. The lowest BCUT2D eigenvalue weighted by atomic mass is 9.75. The van der Waals surface area contributed by atoms with E-state index in [0.717, 1.165) is 21.9 Å². The summed E-state index contributed by atoms with van der Waals surface area (Å²) in [7, 11) is 0. The first-order chi connectivity index (χ1) is 10.7. The minimum Gasteiger partial charge on any atom is -0.307 e. The Balaban J connectivity index is 1.72. The zero-order valence-electron chi connectivity index (χ0n) is 11.9. The van der Waals surface area contributed by atoms with Crippen LogP contribution in [0.15, 0.2) is 34.1 Å². The molecule has 2 saturated carbocycles. The van der Waals surface area contributed by atoms with Crippen molar-refractivity contribution in [1.82, 2.24) is 4.98 Å². The molecule has 1 aromatic heterocycles. The predicted octanol–water partition coefficient (Wildman–Crippen LogP) is 4.74. The van der Waals surface area contributed by atoms with Crippen LogP contribution in [0.1, 0.15) is 35.6 Å². The van der Waals surface area contributed by atoms with E-state index in [-0.39, 0.29) is 4.87 Å². The number of hydrogen-bond donors (Lipinski definition) is 1. The summed E-state index contributed by atoms with van der Waals surface area (Å²) in [5, 5.41) is 2.60. The summed E-state index contributed by atoms with van der Waals surface area (Å²) in [4.78, 5) is 16.3. The topological polar surface area (TPSA) is 32.9 Å². The lowest BCUT2D eigenvalue weighted by molar-refractivity contribution is 0.307. The van der Waals surface area contributed by atoms with Crippen LogP contribution in [-0.2, 0) is 0 Å². The molecule has 0 spiro atoms. The van der Waals surface area contributed by atoms with E-state index in [1.54, 1.807) is 0 Å². The van der Waals surface area contributed by atoms with Crippen molar-refractivity contribution in [3.05, 3.63) is 49.4 Å². The van der Waals surface area contributed by atoms with E-state index in [0.29, 0.717) is 17.1 Å². The Morgan fingerprint density at radius 1 is 1.18 bits per heavy atom. The maximum Gasteiger partial charge on any atom is 0.305 e. The summed E-state index contributed by atoms with van der Waals surface area (Å²) in [5.74, 6) is 2.56. The maximum absolute atomic E-state index is 11.9. The Labute approximate surface area is 142 Å². The van der Waals surface area contributed by atoms with Crippen LogP contribution < -0.4 is 4.87 Å². The Bertz CT molecular complexity index is 798. The number of hydrogen-bond acceptors (Lipinski definition) is 3. The first-order valence-electron chi connectivity index (χ1n) is 7.86. The summed E-state index contributed by atoms with van der Waals surface area (Å²) in [6.07, 6.45) is 4.07. The Kier molecular flexibility index (Phi) is 3.05. The molecular formula is C17H16ClNOS2. The Morgan fingerprint density at radius 3 is 2.86 bits per heavy atom. The highest BCUT2D eigenvalue weighted by Crippen LogP contribution is 2.64. The molecule has 2 aliphatic carbocycles. The first kappa shape index (κ1) is 13.7. The minimum atomic E-state index is 0.0712. The average Bonchev–Trinajstić information content (AvgIpc) is 3.19. The summed E-state index contributed by atoms with van der Waals surface area (Å²) in [6, 6.07) is 8.19. The summed E-state index contributed by atoms with van der Waals surface area (Å²) in [6.45, 7) is 0. The fraction of sp³-hybridized carbons (Fsp3) is 0.471. The lowest BCUT2D eigenvalue weighted by Gasteiger charge is -2.40. The van der Waals surface area contributed by atoms with Crippen LogP contribution in [0.2, 0.25) is 5.02 Å². The number of benzene rings is 1. The number of thioether (sulfide) groups is 1. The molecule has 2 fully saturated rings. The monoisotopic (exact) mass is 349 g/mol. The van der Waals surface area contributed by atoms with Gasteiger partial charge < -0.3 is 4.98 Å². The van der Waals surface area contributed by atoms with Crippen molar-refractivity contribution in [1.29, 1.82) is 0 Å². The zero-order chi connectivity index (χ0) is 14.8. The molecular weight excluding hydrogens is 334 g/mol. The van der Waals surface area contributed by atoms with Gasteiger partial charge in [-0.15, -0.1) is 11.8 Å². The van der Waals surface area contributed by atoms with Gasteiger partial charge >= 0.3 is 4.87 Å². The van der Waals surface area contributed by atoms with Gasteiger partial charge in [0, 0.05) is 21.1 Å². The lowest BCUT2D eigenvalue weighted by Crippen LogP contribution is -2.33. The van der Waals surface area contributed by atoms with Crippen LogP contribution in [0.3, 0.4) is 0 Å². The quantitative estimate of drug-likeness (QED) is 0.806. The number of thiazole rings is 1. The number of aromatic nitrogens is 1. The third-order valence-corrected chi connectivity index (χ3v) is 8.67. The maximum atomic E-state index is 11.9. The second-order valence-electron chi connectivity index (χ2n) is 6.70. The van der Waals surface area contributed by atoms with Gasteiger partial charge in [0.15, 0.2) is 0 Å². The number of aromatic amines is 1. The van der Waals surface area contributed by atoms with Gasteiger partial charge in [-0.05, 0) is 48.6 Å². The fourth-order valence-corrected chi connectivity index (χ4v) is 8.06. The molecule has 5 atom stereocenters. The average molecular weight is 350 g/mol. The van der Waals surface area contributed by atoms with Crippen LogP contribution in [-0.4, -0.2) is 10.2 Å². The second-order valence-corrected chi connectivity index (χ2v) is 9.31. The van der Waals surface area contributed by atoms with Gasteiger partial charge in [-0.2, -0.15) is 0 Å². The molecule has 2 heterocycles. The third-order valence-electron chi connectivity index (χ3n) is 5.71. The molecule has 2 nitrogen and oxygen atoms in total. The van der Waals surface area contributed by atoms with Crippen molar-refractivity contribution < 1.29 is 0 Å². The smallest absolute Gasteiger partial charge is 0.305 e. The highest BCUT2D eigenvalue weighted by Gasteiger charge is 2.54. The molecule has 114 valence electrons. The van der Waals surface area contributed by atoms with Crippen LogP contribution in [0.4, 0.5) is 0 Å². The fourth-order valence-electron chi connectivity index (χ4n) is 4.92. The summed E-state index contributed by atoms with van der Waals surface area (Å²) < 4.78 is 0. The highest BCUT2D eigenvalue weighted by atomic mass is 35.5. The van der Waals surface area contributed by atoms with Gasteiger partial charge in [0.25, 0.3) is 0 Å². The molecule has 5 unspecified atom stereocenters. The molecule has 0 saturated heterocycles. The number of H-pyrrole nitrogens is 1. The number of rotatable bonds is 1. The van der Waals surface area contributed by atoms with E-state index < -0.39 is 0 Å². The molecule has 2 aromatic rings. The van der Waals surface area contributed by atoms with E-state index in [4.69, 9.17) is 11.6 Å². The van der Waals surface area contributed by atoms with E-state index >= 15 is 0 Å². The molecule has 5 rings (SSSR count). The zero-order valence-corrected chi connectivity index (χ0v) is 14.3. The number of fused-ring (bicyclic) bond motifs is 6. The first-order valence-corrected chi connectivity index (χ1v) is 9.94. The molecule has 1 aliphatic heterocycles. The van der Waals surface area contributed by atoms with Gasteiger partial charge in [-0.1, -0.05) is 41.1 Å².